The number of benzene rings is 1. The first-order valence-corrected chi connectivity index (χ1v) is 12.1. The van der Waals surface area contributed by atoms with Gasteiger partial charge in [-0.15, -0.1) is 0 Å². The highest BCUT2D eigenvalue weighted by molar-refractivity contribution is 5.81. The summed E-state index contributed by atoms with van der Waals surface area (Å²) in [4.78, 5) is 14.5. The van der Waals surface area contributed by atoms with Crippen LogP contribution < -0.4 is 4.90 Å². The summed E-state index contributed by atoms with van der Waals surface area (Å²) in [5, 5.41) is 9.98. The number of rotatable bonds is 7. The predicted molar refractivity (Wildman–Crippen MR) is 127 cm³/mol. The number of carboxylic acids is 1. The molecule has 1 aromatic carbocycles. The number of aliphatic carboxylic acids is 1. The van der Waals surface area contributed by atoms with Gasteiger partial charge in [0.15, 0.2) is 0 Å². The smallest absolute Gasteiger partial charge is 0.395 e. The van der Waals surface area contributed by atoms with Crippen molar-refractivity contribution in [2.75, 3.05) is 11.4 Å². The first-order valence-electron chi connectivity index (χ1n) is 12.1. The molecule has 1 aromatic rings. The zero-order valence-electron chi connectivity index (χ0n) is 20.0. The molecule has 2 aliphatic rings. The largest absolute Gasteiger partial charge is 0.481 e. The van der Waals surface area contributed by atoms with Crippen LogP contribution in [0.2, 0.25) is 0 Å². The van der Waals surface area contributed by atoms with E-state index < -0.39 is 29.9 Å². The van der Waals surface area contributed by atoms with Crippen molar-refractivity contribution in [2.24, 2.45) is 17.8 Å². The van der Waals surface area contributed by atoms with Crippen molar-refractivity contribution in [1.29, 1.82) is 0 Å². The van der Waals surface area contributed by atoms with Crippen molar-refractivity contribution in [3.05, 3.63) is 47.6 Å². The molecule has 1 saturated heterocycles. The minimum atomic E-state index is -4.28. The number of carboxylic acid groups (broad SMARTS) is 1. The van der Waals surface area contributed by atoms with Crippen LogP contribution in [-0.4, -0.2) is 29.8 Å². The zero-order valence-corrected chi connectivity index (χ0v) is 20.0. The van der Waals surface area contributed by atoms with Crippen molar-refractivity contribution < 1.29 is 23.1 Å². The van der Waals surface area contributed by atoms with Gasteiger partial charge in [0.25, 0.3) is 0 Å². The van der Waals surface area contributed by atoms with E-state index in [1.165, 1.54) is 12.5 Å². The molecule has 1 heterocycles. The molecular formula is C27H36F3NO2. The van der Waals surface area contributed by atoms with E-state index in [2.05, 4.69) is 11.8 Å². The van der Waals surface area contributed by atoms with E-state index >= 15 is 0 Å². The number of nitrogens with zero attached hydrogens (tertiary/aromatic N) is 1. The summed E-state index contributed by atoms with van der Waals surface area (Å²) in [6, 6.07) is 6.28. The normalized spacial score (nSPS) is 24.7. The van der Waals surface area contributed by atoms with Crippen LogP contribution in [0.25, 0.3) is 5.57 Å². The van der Waals surface area contributed by atoms with E-state index in [4.69, 9.17) is 0 Å². The Kier molecular flexibility index (Phi) is 7.96. The molecule has 1 aliphatic heterocycles. The third-order valence-corrected chi connectivity index (χ3v) is 6.98. The van der Waals surface area contributed by atoms with Crippen LogP contribution in [0.3, 0.4) is 0 Å². The average Bonchev–Trinajstić information content (AvgIpc) is 2.75. The van der Waals surface area contributed by atoms with Crippen LogP contribution in [0.5, 0.6) is 0 Å². The van der Waals surface area contributed by atoms with Crippen molar-refractivity contribution in [3.63, 3.8) is 0 Å². The molecule has 182 valence electrons. The minimum Gasteiger partial charge on any atom is -0.481 e. The fourth-order valence-electron chi connectivity index (χ4n) is 5.21. The van der Waals surface area contributed by atoms with Crippen molar-refractivity contribution in [1.82, 2.24) is 0 Å². The quantitative estimate of drug-likeness (QED) is 0.457. The molecule has 0 radical (unpaired) electrons. The maximum Gasteiger partial charge on any atom is 0.395 e. The molecule has 0 aromatic heterocycles. The van der Waals surface area contributed by atoms with Crippen LogP contribution in [0.15, 0.2) is 36.4 Å². The van der Waals surface area contributed by atoms with Gasteiger partial charge in [-0.25, -0.2) is 0 Å². The van der Waals surface area contributed by atoms with E-state index in [9.17, 15) is 23.1 Å². The second kappa shape index (κ2) is 10.4. The Bertz CT molecular complexity index is 903. The fourth-order valence-corrected chi connectivity index (χ4v) is 5.21. The molecule has 3 rings (SSSR count). The van der Waals surface area contributed by atoms with Gasteiger partial charge in [0.1, 0.15) is 0 Å². The lowest BCUT2D eigenvalue weighted by Crippen LogP contribution is -2.39. The Hall–Kier alpha value is -2.24. The monoisotopic (exact) mass is 463 g/mol. The summed E-state index contributed by atoms with van der Waals surface area (Å²) in [6.07, 6.45) is 5.05. The third-order valence-electron chi connectivity index (χ3n) is 6.98. The summed E-state index contributed by atoms with van der Waals surface area (Å²) in [7, 11) is 0. The maximum absolute atomic E-state index is 13.3. The van der Waals surface area contributed by atoms with Crippen molar-refractivity contribution >= 4 is 17.2 Å². The molecule has 4 unspecified atom stereocenters. The summed E-state index contributed by atoms with van der Waals surface area (Å²) in [5.74, 6) is -3.49. The topological polar surface area (TPSA) is 40.5 Å². The molecule has 0 spiro atoms. The average molecular weight is 464 g/mol. The van der Waals surface area contributed by atoms with Gasteiger partial charge in [-0.3, -0.25) is 4.79 Å². The SMILES string of the molecule is CCC1CCCCN1c1cc(C2=CC(C)C(C(F)(F)F)C=C2)cc(C(CC(C)C)C(=O)O)c1. The molecule has 0 saturated carbocycles. The number of halogens is 3. The fraction of sp³-hybridized carbons (Fsp3) is 0.593. The highest BCUT2D eigenvalue weighted by Gasteiger charge is 2.41. The highest BCUT2D eigenvalue weighted by Crippen LogP contribution is 2.40. The molecule has 33 heavy (non-hydrogen) atoms. The van der Waals surface area contributed by atoms with Gasteiger partial charge in [-0.05, 0) is 72.8 Å². The second-order valence-corrected chi connectivity index (χ2v) is 9.99. The maximum atomic E-state index is 13.3. The molecule has 1 fully saturated rings. The van der Waals surface area contributed by atoms with E-state index in [1.54, 1.807) is 19.1 Å². The molecule has 4 atom stereocenters. The van der Waals surface area contributed by atoms with Gasteiger partial charge >= 0.3 is 12.1 Å². The Balaban J connectivity index is 2.08. The number of allylic oxidation sites excluding steroid dienone is 4. The molecule has 1 aliphatic carbocycles. The highest BCUT2D eigenvalue weighted by atomic mass is 19.4. The lowest BCUT2D eigenvalue weighted by Gasteiger charge is -2.38. The Morgan fingerprint density at radius 2 is 1.94 bits per heavy atom. The summed E-state index contributed by atoms with van der Waals surface area (Å²) < 4.78 is 40.0. The number of piperidine rings is 1. The number of alkyl halides is 3. The van der Waals surface area contributed by atoms with Crippen molar-refractivity contribution in [3.8, 4) is 0 Å². The third kappa shape index (κ3) is 6.01. The lowest BCUT2D eigenvalue weighted by atomic mass is 9.83. The van der Waals surface area contributed by atoms with Crippen molar-refractivity contribution in [2.45, 2.75) is 77.9 Å². The van der Waals surface area contributed by atoms with Crippen LogP contribution in [0.1, 0.15) is 76.8 Å². The van der Waals surface area contributed by atoms with Gasteiger partial charge in [-0.1, -0.05) is 52.0 Å². The Morgan fingerprint density at radius 3 is 2.52 bits per heavy atom. The molecule has 0 bridgehead atoms. The molecular weight excluding hydrogens is 427 g/mol. The van der Waals surface area contributed by atoms with Gasteiger partial charge < -0.3 is 10.0 Å². The van der Waals surface area contributed by atoms with E-state index in [0.717, 1.165) is 48.2 Å². The van der Waals surface area contributed by atoms with Crippen LogP contribution in [0.4, 0.5) is 18.9 Å². The number of hydrogen-bond donors (Lipinski definition) is 1. The standard InChI is InChI=1S/C27H36F3NO2/c1-5-22-8-6-7-11-31(22)23-15-20(14-21(16-23)24(26(32)33)12-17(2)3)19-9-10-25(18(4)13-19)27(28,29)30/h9-10,13-18,22,24-25H,5-8,11-12H2,1-4H3,(H,32,33). The molecule has 6 heteroatoms. The van der Waals surface area contributed by atoms with E-state index in [1.807, 2.05) is 32.0 Å². The lowest BCUT2D eigenvalue weighted by molar-refractivity contribution is -0.168. The van der Waals surface area contributed by atoms with E-state index in [0.29, 0.717) is 12.5 Å². The summed E-state index contributed by atoms with van der Waals surface area (Å²) >= 11 is 0. The molecule has 1 N–H and O–H groups in total. The van der Waals surface area contributed by atoms with Gasteiger partial charge in [0, 0.05) is 18.3 Å². The van der Waals surface area contributed by atoms with Crippen LogP contribution in [-0.2, 0) is 4.79 Å². The minimum absolute atomic E-state index is 0.206. The first kappa shape index (κ1) is 25.4. The number of carbonyl (C=O) groups is 1. The van der Waals surface area contributed by atoms with Crippen LogP contribution >= 0.6 is 0 Å². The second-order valence-electron chi connectivity index (χ2n) is 9.99. The molecule has 0 amide bonds. The number of anilines is 1. The molecule has 3 nitrogen and oxygen atoms in total. The van der Waals surface area contributed by atoms with Gasteiger partial charge in [0.05, 0.1) is 11.8 Å². The zero-order chi connectivity index (χ0) is 24.3. The van der Waals surface area contributed by atoms with Gasteiger partial charge in [0.2, 0.25) is 0 Å². The Labute approximate surface area is 195 Å². The van der Waals surface area contributed by atoms with Crippen LogP contribution in [0, 0.1) is 17.8 Å². The summed E-state index contributed by atoms with van der Waals surface area (Å²) in [5.41, 5.74) is 3.22. The number of hydrogen-bond acceptors (Lipinski definition) is 2. The predicted octanol–water partition coefficient (Wildman–Crippen LogP) is 7.44. The van der Waals surface area contributed by atoms with E-state index in [-0.39, 0.29) is 5.92 Å². The first-order chi connectivity index (χ1) is 15.5. The van der Waals surface area contributed by atoms with Gasteiger partial charge in [-0.2, -0.15) is 13.2 Å². The summed E-state index contributed by atoms with van der Waals surface area (Å²) in [6.45, 7) is 8.67. The Morgan fingerprint density at radius 1 is 1.21 bits per heavy atom.